The van der Waals surface area contributed by atoms with Crippen molar-refractivity contribution < 1.29 is 5.21 Å². The second kappa shape index (κ2) is 4.51. The van der Waals surface area contributed by atoms with Gasteiger partial charge < -0.3 is 10.5 Å². The Morgan fingerprint density at radius 1 is 1.42 bits per heavy atom. The van der Waals surface area contributed by atoms with Crippen LogP contribution < -0.4 is 5.32 Å². The van der Waals surface area contributed by atoms with E-state index in [0.29, 0.717) is 0 Å². The Morgan fingerprint density at radius 2 is 2.08 bits per heavy atom. The zero-order valence-corrected chi connectivity index (χ0v) is 6.99. The van der Waals surface area contributed by atoms with Crippen LogP contribution in [0.5, 0.6) is 0 Å². The molecule has 0 amide bonds. The zero-order chi connectivity index (χ0) is 8.81. The SMILES string of the molecule is CNCc1ccc(/C=N/O)cc1. The maximum absolute atomic E-state index is 8.25. The summed E-state index contributed by atoms with van der Waals surface area (Å²) in [6, 6.07) is 7.81. The van der Waals surface area contributed by atoms with Gasteiger partial charge in [0.05, 0.1) is 6.21 Å². The predicted octanol–water partition coefficient (Wildman–Crippen LogP) is 1.21. The van der Waals surface area contributed by atoms with Gasteiger partial charge in [-0.15, -0.1) is 0 Å². The fraction of sp³-hybridized carbons (Fsp3) is 0.222. The van der Waals surface area contributed by atoms with E-state index in [1.807, 2.05) is 31.3 Å². The summed E-state index contributed by atoms with van der Waals surface area (Å²) >= 11 is 0. The van der Waals surface area contributed by atoms with Gasteiger partial charge in [-0.05, 0) is 18.2 Å². The minimum atomic E-state index is 0.858. The van der Waals surface area contributed by atoms with Gasteiger partial charge in [0.25, 0.3) is 0 Å². The lowest BCUT2D eigenvalue weighted by Crippen LogP contribution is -2.04. The molecule has 0 saturated carbocycles. The molecule has 0 spiro atoms. The lowest BCUT2D eigenvalue weighted by atomic mass is 10.1. The summed E-state index contributed by atoms with van der Waals surface area (Å²) in [6.07, 6.45) is 1.41. The van der Waals surface area contributed by atoms with Gasteiger partial charge in [0.2, 0.25) is 0 Å². The summed E-state index contributed by atoms with van der Waals surface area (Å²) in [5, 5.41) is 14.2. The first-order chi connectivity index (χ1) is 5.86. The van der Waals surface area contributed by atoms with Crippen LogP contribution in [-0.4, -0.2) is 18.5 Å². The van der Waals surface area contributed by atoms with Crippen LogP contribution in [0.3, 0.4) is 0 Å². The van der Waals surface area contributed by atoms with Gasteiger partial charge >= 0.3 is 0 Å². The van der Waals surface area contributed by atoms with E-state index in [4.69, 9.17) is 5.21 Å². The number of nitrogens with zero attached hydrogens (tertiary/aromatic N) is 1. The highest BCUT2D eigenvalue weighted by Gasteiger charge is 1.90. The number of oxime groups is 1. The van der Waals surface area contributed by atoms with Crippen LogP contribution in [0.4, 0.5) is 0 Å². The molecule has 2 N–H and O–H groups in total. The smallest absolute Gasteiger partial charge is 0.0733 e. The maximum Gasteiger partial charge on any atom is 0.0733 e. The molecule has 0 aliphatic rings. The van der Waals surface area contributed by atoms with E-state index in [-0.39, 0.29) is 0 Å². The quantitative estimate of drug-likeness (QED) is 0.400. The normalized spacial score (nSPS) is 10.8. The van der Waals surface area contributed by atoms with Crippen molar-refractivity contribution in [3.8, 4) is 0 Å². The van der Waals surface area contributed by atoms with E-state index in [1.165, 1.54) is 11.8 Å². The molecular weight excluding hydrogens is 152 g/mol. The van der Waals surface area contributed by atoms with E-state index in [9.17, 15) is 0 Å². The van der Waals surface area contributed by atoms with Gasteiger partial charge in [0.1, 0.15) is 0 Å². The predicted molar refractivity (Wildman–Crippen MR) is 48.6 cm³/mol. The van der Waals surface area contributed by atoms with Gasteiger partial charge in [-0.3, -0.25) is 0 Å². The molecule has 12 heavy (non-hydrogen) atoms. The molecule has 0 unspecified atom stereocenters. The fourth-order valence-corrected chi connectivity index (χ4v) is 0.992. The van der Waals surface area contributed by atoms with E-state index < -0.39 is 0 Å². The Kier molecular flexibility index (Phi) is 3.29. The van der Waals surface area contributed by atoms with Crippen LogP contribution in [0.1, 0.15) is 11.1 Å². The molecule has 0 aliphatic heterocycles. The minimum Gasteiger partial charge on any atom is -0.411 e. The highest BCUT2D eigenvalue weighted by atomic mass is 16.4. The van der Waals surface area contributed by atoms with Gasteiger partial charge in [0, 0.05) is 6.54 Å². The third-order valence-electron chi connectivity index (χ3n) is 1.57. The molecule has 1 aromatic carbocycles. The van der Waals surface area contributed by atoms with Crippen LogP contribution in [0.15, 0.2) is 29.4 Å². The third-order valence-corrected chi connectivity index (χ3v) is 1.57. The van der Waals surface area contributed by atoms with Crippen molar-refractivity contribution in [1.29, 1.82) is 0 Å². The topological polar surface area (TPSA) is 44.6 Å². The average Bonchev–Trinajstić information content (AvgIpc) is 2.09. The summed E-state index contributed by atoms with van der Waals surface area (Å²) in [6.45, 7) is 0.858. The molecule has 0 aliphatic carbocycles. The van der Waals surface area contributed by atoms with Crippen LogP contribution in [0.2, 0.25) is 0 Å². The first-order valence-corrected chi connectivity index (χ1v) is 3.78. The van der Waals surface area contributed by atoms with Gasteiger partial charge in [-0.2, -0.15) is 0 Å². The summed E-state index contributed by atoms with van der Waals surface area (Å²) in [5.74, 6) is 0. The average molecular weight is 164 g/mol. The van der Waals surface area contributed by atoms with E-state index in [0.717, 1.165) is 12.1 Å². The van der Waals surface area contributed by atoms with Crippen LogP contribution in [0, 0.1) is 0 Å². The van der Waals surface area contributed by atoms with Crippen molar-refractivity contribution in [3.05, 3.63) is 35.4 Å². The standard InChI is InChI=1S/C9H12N2O/c1-10-6-8-2-4-9(5-3-8)7-11-12/h2-5,7,10,12H,6H2,1H3/b11-7+. The molecule has 1 aromatic rings. The number of hydrogen-bond acceptors (Lipinski definition) is 3. The molecule has 3 nitrogen and oxygen atoms in total. The van der Waals surface area contributed by atoms with Crippen molar-refractivity contribution in [3.63, 3.8) is 0 Å². The molecule has 1 rings (SSSR count). The van der Waals surface area contributed by atoms with E-state index >= 15 is 0 Å². The molecule has 0 radical (unpaired) electrons. The Balaban J connectivity index is 2.71. The fourth-order valence-electron chi connectivity index (χ4n) is 0.992. The van der Waals surface area contributed by atoms with Crippen molar-refractivity contribution >= 4 is 6.21 Å². The second-order valence-corrected chi connectivity index (χ2v) is 2.52. The Morgan fingerprint density at radius 3 is 2.58 bits per heavy atom. The number of hydrogen-bond donors (Lipinski definition) is 2. The van der Waals surface area contributed by atoms with Crippen molar-refractivity contribution in [2.45, 2.75) is 6.54 Å². The lowest BCUT2D eigenvalue weighted by molar-refractivity contribution is 0.322. The summed E-state index contributed by atoms with van der Waals surface area (Å²) < 4.78 is 0. The van der Waals surface area contributed by atoms with Crippen LogP contribution >= 0.6 is 0 Å². The molecule has 3 heteroatoms. The summed E-state index contributed by atoms with van der Waals surface area (Å²) in [4.78, 5) is 0. The van der Waals surface area contributed by atoms with Gasteiger partial charge in [-0.1, -0.05) is 29.4 Å². The molecular formula is C9H12N2O. The van der Waals surface area contributed by atoms with Crippen molar-refractivity contribution in [2.75, 3.05) is 7.05 Å². The maximum atomic E-state index is 8.25. The largest absolute Gasteiger partial charge is 0.411 e. The lowest BCUT2D eigenvalue weighted by Gasteiger charge is -1.98. The summed E-state index contributed by atoms with van der Waals surface area (Å²) in [7, 11) is 1.91. The van der Waals surface area contributed by atoms with Crippen LogP contribution in [0.25, 0.3) is 0 Å². The molecule has 64 valence electrons. The summed E-state index contributed by atoms with van der Waals surface area (Å²) in [5.41, 5.74) is 2.12. The van der Waals surface area contributed by atoms with Gasteiger partial charge in [0.15, 0.2) is 0 Å². The zero-order valence-electron chi connectivity index (χ0n) is 6.99. The van der Waals surface area contributed by atoms with Crippen molar-refractivity contribution in [2.24, 2.45) is 5.16 Å². The van der Waals surface area contributed by atoms with Crippen molar-refractivity contribution in [1.82, 2.24) is 5.32 Å². The highest BCUT2D eigenvalue weighted by Crippen LogP contribution is 2.01. The number of benzene rings is 1. The second-order valence-electron chi connectivity index (χ2n) is 2.52. The molecule has 0 fully saturated rings. The Hall–Kier alpha value is -1.35. The highest BCUT2D eigenvalue weighted by molar-refractivity contribution is 5.78. The number of nitrogens with one attached hydrogen (secondary N) is 1. The molecule has 0 bridgehead atoms. The van der Waals surface area contributed by atoms with Gasteiger partial charge in [-0.25, -0.2) is 0 Å². The third kappa shape index (κ3) is 2.36. The van der Waals surface area contributed by atoms with Crippen LogP contribution in [-0.2, 0) is 6.54 Å². The minimum absolute atomic E-state index is 0.858. The Bertz CT molecular complexity index is 254. The Labute approximate surface area is 71.7 Å². The first kappa shape index (κ1) is 8.74. The van der Waals surface area contributed by atoms with E-state index in [2.05, 4.69) is 10.5 Å². The molecule has 0 saturated heterocycles. The molecule has 0 heterocycles. The molecule has 0 aromatic heterocycles. The van der Waals surface area contributed by atoms with E-state index in [1.54, 1.807) is 0 Å². The number of rotatable bonds is 3. The molecule has 0 atom stereocenters. The first-order valence-electron chi connectivity index (χ1n) is 3.78. The monoisotopic (exact) mass is 164 g/mol.